The lowest BCUT2D eigenvalue weighted by Gasteiger charge is -2.24. The molecule has 2 aliphatic rings. The van der Waals surface area contributed by atoms with Gasteiger partial charge in [-0.3, -0.25) is 14.7 Å². The Labute approximate surface area is 208 Å². The summed E-state index contributed by atoms with van der Waals surface area (Å²) in [7, 11) is 0. The van der Waals surface area contributed by atoms with E-state index in [4.69, 9.17) is 9.73 Å². The second-order valence-corrected chi connectivity index (χ2v) is 10.3. The molecule has 0 radical (unpaired) electrons. The van der Waals surface area contributed by atoms with Crippen LogP contribution in [0, 0.1) is 6.92 Å². The van der Waals surface area contributed by atoms with Gasteiger partial charge in [0.05, 0.1) is 6.54 Å². The molecule has 1 saturated carbocycles. The minimum Gasteiger partial charge on any atom is -0.478 e. The number of rotatable bonds is 9. The van der Waals surface area contributed by atoms with Crippen LogP contribution < -0.4 is 4.74 Å². The lowest BCUT2D eigenvalue weighted by Crippen LogP contribution is -2.40. The molecule has 2 aromatic carbocycles. The van der Waals surface area contributed by atoms with Crippen LogP contribution in [0.2, 0.25) is 0 Å². The molecule has 6 nitrogen and oxygen atoms in total. The van der Waals surface area contributed by atoms with E-state index in [-0.39, 0.29) is 5.91 Å². The fraction of sp³-hybridized carbons (Fsp3) is 0.483. The maximum atomic E-state index is 13.5. The number of carboxylic acids is 1. The Balaban J connectivity index is 1.55. The van der Waals surface area contributed by atoms with Crippen molar-refractivity contribution in [3.8, 4) is 16.9 Å². The maximum Gasteiger partial charge on any atom is 0.347 e. The van der Waals surface area contributed by atoms with E-state index < -0.39 is 17.1 Å². The molecule has 1 spiro atoms. The third-order valence-corrected chi connectivity index (χ3v) is 7.21. The van der Waals surface area contributed by atoms with Gasteiger partial charge in [-0.15, -0.1) is 0 Å². The predicted molar refractivity (Wildman–Crippen MR) is 138 cm³/mol. The van der Waals surface area contributed by atoms with Gasteiger partial charge in [0.25, 0.3) is 5.91 Å². The highest BCUT2D eigenvalue weighted by Crippen LogP contribution is 2.40. The molecule has 0 aromatic heterocycles. The van der Waals surface area contributed by atoms with Gasteiger partial charge in [0.15, 0.2) is 5.60 Å². The number of aliphatic carboxylic acids is 1. The van der Waals surface area contributed by atoms with Crippen LogP contribution in [0.5, 0.6) is 5.75 Å². The average Bonchev–Trinajstić information content (AvgIpc) is 3.39. The third kappa shape index (κ3) is 5.12. The molecular formula is C29H36N2O4. The van der Waals surface area contributed by atoms with Crippen LogP contribution >= 0.6 is 0 Å². The lowest BCUT2D eigenvalue weighted by molar-refractivity contribution is -0.152. The van der Waals surface area contributed by atoms with Crippen LogP contribution in [0.4, 0.5) is 0 Å². The molecule has 4 rings (SSSR count). The topological polar surface area (TPSA) is 79.2 Å². The van der Waals surface area contributed by atoms with Gasteiger partial charge in [-0.1, -0.05) is 56.5 Å². The van der Waals surface area contributed by atoms with Crippen molar-refractivity contribution in [2.24, 2.45) is 4.99 Å². The van der Waals surface area contributed by atoms with Crippen LogP contribution in [0.1, 0.15) is 76.8 Å². The molecule has 0 unspecified atom stereocenters. The first-order valence-corrected chi connectivity index (χ1v) is 12.7. The largest absolute Gasteiger partial charge is 0.478 e. The summed E-state index contributed by atoms with van der Waals surface area (Å²) in [5, 5.41) is 9.36. The van der Waals surface area contributed by atoms with Crippen molar-refractivity contribution in [3.05, 3.63) is 53.6 Å². The summed E-state index contributed by atoms with van der Waals surface area (Å²) in [4.78, 5) is 31.8. The minimum atomic E-state index is -1.31. The zero-order valence-electron chi connectivity index (χ0n) is 21.3. The molecule has 6 heteroatoms. The van der Waals surface area contributed by atoms with E-state index in [1.165, 1.54) is 13.8 Å². The van der Waals surface area contributed by atoms with Crippen molar-refractivity contribution in [3.63, 3.8) is 0 Å². The first-order chi connectivity index (χ1) is 16.6. The molecule has 35 heavy (non-hydrogen) atoms. The first kappa shape index (κ1) is 25.0. The first-order valence-electron chi connectivity index (χ1n) is 12.7. The van der Waals surface area contributed by atoms with Gasteiger partial charge >= 0.3 is 5.97 Å². The summed E-state index contributed by atoms with van der Waals surface area (Å²) in [5.74, 6) is 0.627. The molecule has 0 saturated heterocycles. The number of aryl methyl sites for hydroxylation is 1. The molecule has 0 atom stereocenters. The zero-order valence-corrected chi connectivity index (χ0v) is 21.3. The van der Waals surface area contributed by atoms with E-state index in [9.17, 15) is 14.7 Å². The highest BCUT2D eigenvalue weighted by molar-refractivity contribution is 6.08. The number of amides is 1. The third-order valence-electron chi connectivity index (χ3n) is 7.21. The van der Waals surface area contributed by atoms with Crippen molar-refractivity contribution >= 4 is 17.7 Å². The van der Waals surface area contributed by atoms with Gasteiger partial charge in [0, 0.05) is 6.42 Å². The fourth-order valence-electron chi connectivity index (χ4n) is 5.00. The van der Waals surface area contributed by atoms with Gasteiger partial charge in [-0.25, -0.2) is 4.79 Å². The van der Waals surface area contributed by atoms with Crippen molar-refractivity contribution < 1.29 is 19.4 Å². The Kier molecular flexibility index (Phi) is 7.02. The number of benzene rings is 2. The Hall–Kier alpha value is -3.15. The molecular weight excluding hydrogens is 440 g/mol. The SMILES string of the molecule is CCCCC1=NC2(CCCC2)C(=O)N1Cc1ccc(-c2cccc(OC(C)(C)C(=O)O)c2)cc1C. The summed E-state index contributed by atoms with van der Waals surface area (Å²) in [5.41, 5.74) is 2.36. The summed E-state index contributed by atoms with van der Waals surface area (Å²) < 4.78 is 5.71. The minimum absolute atomic E-state index is 0.176. The van der Waals surface area contributed by atoms with E-state index in [1.54, 1.807) is 6.07 Å². The normalized spacial score (nSPS) is 17.2. The van der Waals surface area contributed by atoms with E-state index in [0.717, 1.165) is 73.0 Å². The summed E-state index contributed by atoms with van der Waals surface area (Å²) in [6, 6.07) is 13.7. The van der Waals surface area contributed by atoms with Crippen molar-refractivity contribution in [1.29, 1.82) is 0 Å². The van der Waals surface area contributed by atoms with E-state index in [1.807, 2.05) is 23.1 Å². The van der Waals surface area contributed by atoms with Crippen LogP contribution in [-0.2, 0) is 16.1 Å². The number of carbonyl (C=O) groups is 2. The zero-order chi connectivity index (χ0) is 25.2. The van der Waals surface area contributed by atoms with Gasteiger partial charge in [-0.2, -0.15) is 0 Å². The molecule has 1 N–H and O–H groups in total. The van der Waals surface area contributed by atoms with Crippen molar-refractivity contribution in [2.75, 3.05) is 0 Å². The average molecular weight is 477 g/mol. The van der Waals surface area contributed by atoms with Gasteiger partial charge in [0.2, 0.25) is 0 Å². The number of amidine groups is 1. The Bertz CT molecular complexity index is 1150. The fourth-order valence-corrected chi connectivity index (χ4v) is 5.00. The number of carboxylic acid groups (broad SMARTS) is 1. The van der Waals surface area contributed by atoms with Gasteiger partial charge < -0.3 is 9.84 Å². The second kappa shape index (κ2) is 9.84. The number of nitrogens with zero attached hydrogens (tertiary/aromatic N) is 2. The van der Waals surface area contributed by atoms with Crippen LogP contribution in [0.3, 0.4) is 0 Å². The van der Waals surface area contributed by atoms with Crippen molar-refractivity contribution in [1.82, 2.24) is 4.90 Å². The number of unbranched alkanes of at least 4 members (excludes halogenated alkanes) is 1. The van der Waals surface area contributed by atoms with Crippen LogP contribution in [0.15, 0.2) is 47.5 Å². The summed E-state index contributed by atoms with van der Waals surface area (Å²) in [6.07, 6.45) is 6.84. The number of hydrogen-bond donors (Lipinski definition) is 1. The lowest BCUT2D eigenvalue weighted by atomic mass is 9.97. The standard InChI is InChI=1S/C29H36N2O4/c1-5-6-12-25-30-29(15-7-8-16-29)26(32)31(25)19-23-14-13-22(17-20(23)2)21-10-9-11-24(18-21)35-28(3,4)27(33)34/h9-11,13-14,17-18H,5-8,12,15-16,19H2,1-4H3,(H,33,34). The quantitative estimate of drug-likeness (QED) is 0.471. The number of aliphatic imine (C=N–C) groups is 1. The maximum absolute atomic E-state index is 13.5. The highest BCUT2D eigenvalue weighted by atomic mass is 16.5. The Morgan fingerprint density at radius 1 is 1.14 bits per heavy atom. The highest BCUT2D eigenvalue weighted by Gasteiger charge is 2.49. The number of hydrogen-bond acceptors (Lipinski definition) is 4. The monoisotopic (exact) mass is 476 g/mol. The van der Waals surface area contributed by atoms with Crippen LogP contribution in [-0.4, -0.2) is 38.9 Å². The Morgan fingerprint density at radius 2 is 1.86 bits per heavy atom. The molecule has 186 valence electrons. The molecule has 0 bridgehead atoms. The summed E-state index contributed by atoms with van der Waals surface area (Å²) >= 11 is 0. The van der Waals surface area contributed by atoms with Crippen LogP contribution in [0.25, 0.3) is 11.1 Å². The van der Waals surface area contributed by atoms with Crippen molar-refractivity contribution in [2.45, 2.75) is 90.3 Å². The molecule has 1 amide bonds. The summed E-state index contributed by atoms with van der Waals surface area (Å²) in [6.45, 7) is 7.86. The second-order valence-electron chi connectivity index (χ2n) is 10.3. The molecule has 1 aliphatic carbocycles. The smallest absolute Gasteiger partial charge is 0.347 e. The molecule has 2 aromatic rings. The molecule has 1 aliphatic heterocycles. The number of carbonyl (C=O) groups excluding carboxylic acids is 1. The van der Waals surface area contributed by atoms with E-state index in [2.05, 4.69) is 32.0 Å². The molecule has 1 heterocycles. The predicted octanol–water partition coefficient (Wildman–Crippen LogP) is 6.15. The van der Waals surface area contributed by atoms with Gasteiger partial charge in [0.1, 0.15) is 17.1 Å². The number of ether oxygens (including phenoxy) is 1. The van der Waals surface area contributed by atoms with E-state index in [0.29, 0.717) is 12.3 Å². The molecule has 1 fully saturated rings. The van der Waals surface area contributed by atoms with E-state index >= 15 is 0 Å². The Morgan fingerprint density at radius 3 is 2.51 bits per heavy atom. The van der Waals surface area contributed by atoms with Gasteiger partial charge in [-0.05, 0) is 74.4 Å².